The highest BCUT2D eigenvalue weighted by molar-refractivity contribution is 5.96. The van der Waals surface area contributed by atoms with Crippen LogP contribution in [0.3, 0.4) is 0 Å². The molecule has 0 fully saturated rings. The summed E-state index contributed by atoms with van der Waals surface area (Å²) in [6.45, 7) is 0. The highest BCUT2D eigenvalue weighted by atomic mass is 15.0. The minimum Gasteiger partial charge on any atom is -0.208 e. The fourth-order valence-electron chi connectivity index (χ4n) is 8.44. The zero-order valence-electron chi connectivity index (χ0n) is 30.0. The average molecular weight is 702 g/mol. The predicted octanol–water partition coefficient (Wildman–Crippen LogP) is 12.6. The number of nitrogens with zero attached hydrogens (tertiary/aromatic N) is 3. The third kappa shape index (κ3) is 5.48. The molecule has 0 saturated heterocycles. The van der Waals surface area contributed by atoms with Crippen molar-refractivity contribution in [1.82, 2.24) is 15.0 Å². The quantitative estimate of drug-likeness (QED) is 0.166. The Morgan fingerprint density at radius 2 is 0.709 bits per heavy atom. The number of benzene rings is 8. The van der Waals surface area contributed by atoms with Crippen molar-refractivity contribution in [2.45, 2.75) is 5.41 Å². The van der Waals surface area contributed by atoms with Crippen LogP contribution in [-0.2, 0) is 5.41 Å². The first kappa shape index (κ1) is 32.4. The molecule has 0 N–H and O–H groups in total. The van der Waals surface area contributed by atoms with Crippen LogP contribution < -0.4 is 0 Å². The van der Waals surface area contributed by atoms with Gasteiger partial charge in [0.05, 0.1) is 5.41 Å². The number of fused-ring (bicyclic) bond motifs is 3. The molecule has 0 bridgehead atoms. The van der Waals surface area contributed by atoms with Gasteiger partial charge >= 0.3 is 0 Å². The van der Waals surface area contributed by atoms with Crippen LogP contribution in [0.1, 0.15) is 22.3 Å². The van der Waals surface area contributed by atoms with E-state index in [4.69, 9.17) is 15.0 Å². The molecule has 1 aliphatic rings. The first-order valence-corrected chi connectivity index (χ1v) is 18.7. The second-order valence-corrected chi connectivity index (χ2v) is 13.9. The molecule has 10 rings (SSSR count). The van der Waals surface area contributed by atoms with Crippen molar-refractivity contribution >= 4 is 0 Å². The maximum Gasteiger partial charge on any atom is 0.164 e. The molecular weight excluding hydrogens is 667 g/mol. The Morgan fingerprint density at radius 1 is 0.273 bits per heavy atom. The van der Waals surface area contributed by atoms with Crippen LogP contribution in [0.15, 0.2) is 212 Å². The first-order valence-electron chi connectivity index (χ1n) is 18.7. The fourth-order valence-corrected chi connectivity index (χ4v) is 8.44. The van der Waals surface area contributed by atoms with Gasteiger partial charge in [0.1, 0.15) is 0 Å². The van der Waals surface area contributed by atoms with Crippen molar-refractivity contribution in [3.63, 3.8) is 0 Å². The molecule has 55 heavy (non-hydrogen) atoms. The molecule has 9 aromatic rings. The molecule has 0 unspecified atom stereocenters. The molecule has 3 nitrogen and oxygen atoms in total. The van der Waals surface area contributed by atoms with Crippen LogP contribution in [0.4, 0.5) is 0 Å². The smallest absolute Gasteiger partial charge is 0.164 e. The zero-order chi connectivity index (χ0) is 36.6. The van der Waals surface area contributed by atoms with Crippen molar-refractivity contribution in [2.24, 2.45) is 0 Å². The molecule has 1 aromatic heterocycles. The Hall–Kier alpha value is -7.23. The summed E-state index contributed by atoms with van der Waals surface area (Å²) in [7, 11) is 0. The lowest BCUT2D eigenvalue weighted by molar-refractivity contribution is 0.768. The van der Waals surface area contributed by atoms with Gasteiger partial charge in [0.15, 0.2) is 17.5 Å². The van der Waals surface area contributed by atoms with Gasteiger partial charge in [-0.2, -0.15) is 0 Å². The Morgan fingerprint density at radius 3 is 1.29 bits per heavy atom. The van der Waals surface area contributed by atoms with E-state index in [9.17, 15) is 0 Å². The van der Waals surface area contributed by atoms with Crippen LogP contribution in [0, 0.1) is 0 Å². The number of aromatic nitrogens is 3. The van der Waals surface area contributed by atoms with Crippen LogP contribution in [0.2, 0.25) is 0 Å². The van der Waals surface area contributed by atoms with Gasteiger partial charge in [0.2, 0.25) is 0 Å². The summed E-state index contributed by atoms with van der Waals surface area (Å²) in [5, 5.41) is 0. The molecule has 1 heterocycles. The molecular formula is C52H35N3. The molecule has 0 atom stereocenters. The standard InChI is InChI=1S/C52H35N3/c1-6-19-36(20-7-1)42-30-18-31-44(51-54-49(37-21-8-2-9-22-37)53-50(55-51)38-23-10-3-11-24-38)48(42)39-33-34-47-45(35-39)43-29-16-17-32-46(43)52(47,40-25-12-4-13-26-40)41-27-14-5-15-28-41/h1-35H. The number of hydrogen-bond donors (Lipinski definition) is 0. The second kappa shape index (κ2) is 13.6. The maximum atomic E-state index is 5.21. The molecule has 0 spiro atoms. The van der Waals surface area contributed by atoms with Gasteiger partial charge in [-0.15, -0.1) is 0 Å². The van der Waals surface area contributed by atoms with E-state index < -0.39 is 5.41 Å². The minimum atomic E-state index is -0.474. The van der Waals surface area contributed by atoms with E-state index in [0.717, 1.165) is 38.9 Å². The van der Waals surface area contributed by atoms with E-state index in [1.165, 1.54) is 33.4 Å². The van der Waals surface area contributed by atoms with E-state index in [0.29, 0.717) is 17.5 Å². The lowest BCUT2D eigenvalue weighted by atomic mass is 9.67. The molecule has 0 saturated carbocycles. The van der Waals surface area contributed by atoms with Crippen LogP contribution >= 0.6 is 0 Å². The number of rotatable bonds is 7. The largest absolute Gasteiger partial charge is 0.208 e. The van der Waals surface area contributed by atoms with Crippen molar-refractivity contribution in [2.75, 3.05) is 0 Å². The zero-order valence-corrected chi connectivity index (χ0v) is 30.0. The summed E-state index contributed by atoms with van der Waals surface area (Å²) in [5.41, 5.74) is 14.3. The third-order valence-corrected chi connectivity index (χ3v) is 10.8. The molecule has 0 aliphatic heterocycles. The van der Waals surface area contributed by atoms with Gasteiger partial charge in [-0.25, -0.2) is 15.0 Å². The maximum absolute atomic E-state index is 5.21. The van der Waals surface area contributed by atoms with E-state index in [1.54, 1.807) is 0 Å². The molecule has 258 valence electrons. The SMILES string of the molecule is c1ccc(-c2nc(-c3ccccc3)nc(-c3cccc(-c4ccccc4)c3-c3ccc4c(c3)-c3ccccc3C4(c3ccccc3)c3ccccc3)n2)cc1. The highest BCUT2D eigenvalue weighted by Crippen LogP contribution is 2.57. The fraction of sp³-hybridized carbons (Fsp3) is 0.0192. The van der Waals surface area contributed by atoms with Gasteiger partial charge in [0.25, 0.3) is 0 Å². The van der Waals surface area contributed by atoms with E-state index in [2.05, 4.69) is 176 Å². The van der Waals surface area contributed by atoms with Crippen LogP contribution in [0.5, 0.6) is 0 Å². The summed E-state index contributed by atoms with van der Waals surface area (Å²) in [6.07, 6.45) is 0. The van der Waals surface area contributed by atoms with Gasteiger partial charge < -0.3 is 0 Å². The molecule has 8 aromatic carbocycles. The van der Waals surface area contributed by atoms with E-state index >= 15 is 0 Å². The van der Waals surface area contributed by atoms with Crippen LogP contribution in [0.25, 0.3) is 67.5 Å². The summed E-state index contributed by atoms with van der Waals surface area (Å²) < 4.78 is 0. The Balaban J connectivity index is 1.25. The van der Waals surface area contributed by atoms with E-state index in [1.807, 2.05) is 36.4 Å². The third-order valence-electron chi connectivity index (χ3n) is 10.8. The Bertz CT molecular complexity index is 2690. The molecule has 0 radical (unpaired) electrons. The van der Waals surface area contributed by atoms with Gasteiger partial charge in [0, 0.05) is 22.3 Å². The van der Waals surface area contributed by atoms with E-state index in [-0.39, 0.29) is 0 Å². The topological polar surface area (TPSA) is 38.7 Å². The van der Waals surface area contributed by atoms with Crippen molar-refractivity contribution in [3.05, 3.63) is 235 Å². The minimum absolute atomic E-state index is 0.474. The molecule has 1 aliphatic carbocycles. The van der Waals surface area contributed by atoms with Gasteiger partial charge in [-0.1, -0.05) is 206 Å². The van der Waals surface area contributed by atoms with Crippen LogP contribution in [-0.4, -0.2) is 15.0 Å². The second-order valence-electron chi connectivity index (χ2n) is 13.9. The van der Waals surface area contributed by atoms with Crippen molar-refractivity contribution in [3.8, 4) is 67.5 Å². The lowest BCUT2D eigenvalue weighted by Gasteiger charge is -2.34. The monoisotopic (exact) mass is 701 g/mol. The lowest BCUT2D eigenvalue weighted by Crippen LogP contribution is -2.28. The number of hydrogen-bond acceptors (Lipinski definition) is 3. The average Bonchev–Trinajstić information content (AvgIpc) is 3.58. The van der Waals surface area contributed by atoms with Crippen molar-refractivity contribution in [1.29, 1.82) is 0 Å². The normalized spacial score (nSPS) is 12.5. The van der Waals surface area contributed by atoms with Gasteiger partial charge in [-0.05, 0) is 56.1 Å². The Labute approximate surface area is 321 Å². The first-order chi connectivity index (χ1) is 27.3. The summed E-state index contributed by atoms with van der Waals surface area (Å²) in [6, 6.07) is 75.3. The molecule has 0 amide bonds. The highest BCUT2D eigenvalue weighted by Gasteiger charge is 2.46. The summed E-state index contributed by atoms with van der Waals surface area (Å²) in [5.74, 6) is 1.90. The van der Waals surface area contributed by atoms with Gasteiger partial charge in [-0.3, -0.25) is 0 Å². The molecule has 3 heteroatoms. The van der Waals surface area contributed by atoms with Crippen molar-refractivity contribution < 1.29 is 0 Å². The Kier molecular flexibility index (Phi) is 8.04. The summed E-state index contributed by atoms with van der Waals surface area (Å²) in [4.78, 5) is 15.4. The summed E-state index contributed by atoms with van der Waals surface area (Å²) >= 11 is 0. The predicted molar refractivity (Wildman–Crippen MR) is 224 cm³/mol.